The number of pyridine rings is 1. The molecule has 1 atom stereocenters. The van der Waals surface area contributed by atoms with Crippen molar-refractivity contribution in [2.75, 3.05) is 45.6 Å². The first-order chi connectivity index (χ1) is 11.6. The lowest BCUT2D eigenvalue weighted by atomic mass is 9.90. The molecule has 2 saturated heterocycles. The normalized spacial score (nSPS) is 23.1. The van der Waals surface area contributed by atoms with Gasteiger partial charge in [0, 0.05) is 25.2 Å². The van der Waals surface area contributed by atoms with Gasteiger partial charge in [0.15, 0.2) is 0 Å². The average molecular weight is 332 g/mol. The second-order valence-corrected chi connectivity index (χ2v) is 7.58. The van der Waals surface area contributed by atoms with Crippen molar-refractivity contribution in [2.45, 2.75) is 44.8 Å². The van der Waals surface area contributed by atoms with Crippen molar-refractivity contribution in [3.63, 3.8) is 0 Å². The van der Waals surface area contributed by atoms with Gasteiger partial charge in [0.2, 0.25) is 5.88 Å². The monoisotopic (exact) mass is 332 g/mol. The largest absolute Gasteiger partial charge is 0.474 e. The molecular weight excluding hydrogens is 300 g/mol. The summed E-state index contributed by atoms with van der Waals surface area (Å²) in [5.41, 5.74) is 1.09. The zero-order valence-electron chi connectivity index (χ0n) is 15.4. The third-order valence-corrected chi connectivity index (χ3v) is 5.55. The number of rotatable bonds is 5. The highest BCUT2D eigenvalue weighted by Gasteiger charge is 2.22. The number of nitrogens with zero attached hydrogens (tertiary/aromatic N) is 3. The Hall–Kier alpha value is -1.33. The Morgan fingerprint density at radius 3 is 2.25 bits per heavy atom. The molecule has 5 nitrogen and oxygen atoms in total. The molecule has 2 fully saturated rings. The van der Waals surface area contributed by atoms with Gasteiger partial charge < -0.3 is 19.9 Å². The third-order valence-electron chi connectivity index (χ3n) is 5.55. The fourth-order valence-corrected chi connectivity index (χ4v) is 3.72. The summed E-state index contributed by atoms with van der Waals surface area (Å²) in [5, 5.41) is 3.62. The van der Waals surface area contributed by atoms with E-state index in [1.807, 2.05) is 12.3 Å². The Morgan fingerprint density at radius 1 is 1.04 bits per heavy atom. The SMILES string of the molecule is CC(Nc1ccc(OC2CCN(C)CC2)nc1)C1CCN(C)CC1. The van der Waals surface area contributed by atoms with Crippen LogP contribution < -0.4 is 10.1 Å². The molecule has 1 N–H and O–H groups in total. The van der Waals surface area contributed by atoms with Crippen LogP contribution in [0.15, 0.2) is 18.3 Å². The topological polar surface area (TPSA) is 40.6 Å². The number of likely N-dealkylation sites (tertiary alicyclic amines) is 2. The molecule has 0 aromatic carbocycles. The van der Waals surface area contributed by atoms with Crippen molar-refractivity contribution >= 4 is 5.69 Å². The molecular formula is C19H32N4O. The summed E-state index contributed by atoms with van der Waals surface area (Å²) in [7, 11) is 4.38. The Kier molecular flexibility index (Phi) is 5.95. The van der Waals surface area contributed by atoms with Gasteiger partial charge in [-0.15, -0.1) is 0 Å². The lowest BCUT2D eigenvalue weighted by Gasteiger charge is -2.33. The van der Waals surface area contributed by atoms with Crippen LogP contribution in [0.25, 0.3) is 0 Å². The van der Waals surface area contributed by atoms with Crippen LogP contribution in [-0.2, 0) is 0 Å². The van der Waals surface area contributed by atoms with Crippen molar-refractivity contribution in [3.8, 4) is 5.88 Å². The van der Waals surface area contributed by atoms with Crippen LogP contribution in [0.1, 0.15) is 32.6 Å². The average Bonchev–Trinajstić information content (AvgIpc) is 2.59. The summed E-state index contributed by atoms with van der Waals surface area (Å²) in [6, 6.07) is 4.59. The Labute approximate surface area is 146 Å². The van der Waals surface area contributed by atoms with Crippen LogP contribution in [0.5, 0.6) is 5.88 Å². The molecule has 2 aliphatic rings. The molecule has 1 aromatic heterocycles. The van der Waals surface area contributed by atoms with Crippen molar-refractivity contribution < 1.29 is 4.74 Å². The molecule has 0 saturated carbocycles. The molecule has 3 rings (SSSR count). The maximum atomic E-state index is 6.02. The zero-order chi connectivity index (χ0) is 16.9. The number of hydrogen-bond donors (Lipinski definition) is 1. The summed E-state index contributed by atoms with van der Waals surface area (Å²) >= 11 is 0. The van der Waals surface area contributed by atoms with Gasteiger partial charge >= 0.3 is 0 Å². The molecule has 1 aromatic rings. The standard InChI is InChI=1S/C19H32N4O/c1-15(16-6-10-22(2)11-7-16)21-17-4-5-19(20-14-17)24-18-8-12-23(3)13-9-18/h4-5,14-16,18,21H,6-13H2,1-3H3. The lowest BCUT2D eigenvalue weighted by Crippen LogP contribution is -2.37. The highest BCUT2D eigenvalue weighted by Crippen LogP contribution is 2.23. The first kappa shape index (κ1) is 17.5. The molecule has 5 heteroatoms. The minimum absolute atomic E-state index is 0.311. The summed E-state index contributed by atoms with van der Waals surface area (Å²) in [6.45, 7) is 6.92. The van der Waals surface area contributed by atoms with Crippen LogP contribution >= 0.6 is 0 Å². The second-order valence-electron chi connectivity index (χ2n) is 7.58. The van der Waals surface area contributed by atoms with Gasteiger partial charge in [-0.2, -0.15) is 0 Å². The fraction of sp³-hybridized carbons (Fsp3) is 0.737. The first-order valence-electron chi connectivity index (χ1n) is 9.36. The molecule has 0 amide bonds. The number of anilines is 1. The van der Waals surface area contributed by atoms with Crippen molar-refractivity contribution in [1.82, 2.24) is 14.8 Å². The number of nitrogens with one attached hydrogen (secondary N) is 1. The Bertz CT molecular complexity index is 491. The van der Waals surface area contributed by atoms with Gasteiger partial charge in [-0.05, 0) is 71.8 Å². The molecule has 0 bridgehead atoms. The van der Waals surface area contributed by atoms with Gasteiger partial charge in [0.05, 0.1) is 11.9 Å². The molecule has 3 heterocycles. The van der Waals surface area contributed by atoms with E-state index in [0.717, 1.165) is 43.4 Å². The predicted molar refractivity (Wildman–Crippen MR) is 98.7 cm³/mol. The number of aromatic nitrogens is 1. The lowest BCUT2D eigenvalue weighted by molar-refractivity contribution is 0.110. The van der Waals surface area contributed by atoms with E-state index in [1.54, 1.807) is 0 Å². The minimum atomic E-state index is 0.311. The Morgan fingerprint density at radius 2 is 1.67 bits per heavy atom. The fourth-order valence-electron chi connectivity index (χ4n) is 3.72. The quantitative estimate of drug-likeness (QED) is 0.898. The first-order valence-corrected chi connectivity index (χ1v) is 9.36. The van der Waals surface area contributed by atoms with E-state index in [9.17, 15) is 0 Å². The van der Waals surface area contributed by atoms with E-state index >= 15 is 0 Å². The number of hydrogen-bond acceptors (Lipinski definition) is 5. The van der Waals surface area contributed by atoms with E-state index in [0.29, 0.717) is 12.1 Å². The summed E-state index contributed by atoms with van der Waals surface area (Å²) in [4.78, 5) is 9.26. The van der Waals surface area contributed by atoms with Crippen LogP contribution in [0.3, 0.4) is 0 Å². The molecule has 134 valence electrons. The van der Waals surface area contributed by atoms with Crippen molar-refractivity contribution in [2.24, 2.45) is 5.92 Å². The summed E-state index contributed by atoms with van der Waals surface area (Å²) in [5.74, 6) is 1.50. The number of ether oxygens (including phenoxy) is 1. The Balaban J connectivity index is 1.47. The molecule has 0 radical (unpaired) electrons. The highest BCUT2D eigenvalue weighted by atomic mass is 16.5. The van der Waals surface area contributed by atoms with E-state index in [-0.39, 0.29) is 0 Å². The van der Waals surface area contributed by atoms with Gasteiger partial charge in [-0.3, -0.25) is 0 Å². The zero-order valence-corrected chi connectivity index (χ0v) is 15.4. The number of piperidine rings is 2. The summed E-state index contributed by atoms with van der Waals surface area (Å²) < 4.78 is 6.02. The maximum absolute atomic E-state index is 6.02. The molecule has 0 spiro atoms. The van der Waals surface area contributed by atoms with Crippen LogP contribution in [0.2, 0.25) is 0 Å². The van der Waals surface area contributed by atoms with Crippen LogP contribution in [0, 0.1) is 5.92 Å². The van der Waals surface area contributed by atoms with Gasteiger partial charge in [-0.1, -0.05) is 0 Å². The van der Waals surface area contributed by atoms with E-state index in [2.05, 4.69) is 47.2 Å². The van der Waals surface area contributed by atoms with Crippen LogP contribution in [-0.4, -0.2) is 67.2 Å². The van der Waals surface area contributed by atoms with Crippen molar-refractivity contribution in [1.29, 1.82) is 0 Å². The molecule has 1 unspecified atom stereocenters. The molecule has 2 aliphatic heterocycles. The third kappa shape index (κ3) is 4.84. The molecule has 0 aliphatic carbocycles. The van der Waals surface area contributed by atoms with Crippen molar-refractivity contribution in [3.05, 3.63) is 18.3 Å². The van der Waals surface area contributed by atoms with E-state index in [1.165, 1.54) is 25.9 Å². The second kappa shape index (κ2) is 8.17. The van der Waals surface area contributed by atoms with E-state index < -0.39 is 0 Å². The molecule has 24 heavy (non-hydrogen) atoms. The van der Waals surface area contributed by atoms with Gasteiger partial charge in [0.1, 0.15) is 6.10 Å². The maximum Gasteiger partial charge on any atom is 0.213 e. The van der Waals surface area contributed by atoms with Crippen LogP contribution in [0.4, 0.5) is 5.69 Å². The van der Waals surface area contributed by atoms with Gasteiger partial charge in [0.25, 0.3) is 0 Å². The highest BCUT2D eigenvalue weighted by molar-refractivity contribution is 5.43. The smallest absolute Gasteiger partial charge is 0.213 e. The van der Waals surface area contributed by atoms with E-state index in [4.69, 9.17) is 4.74 Å². The minimum Gasteiger partial charge on any atom is -0.474 e. The summed E-state index contributed by atoms with van der Waals surface area (Å²) in [6.07, 6.45) is 6.95. The van der Waals surface area contributed by atoms with Gasteiger partial charge in [-0.25, -0.2) is 4.98 Å². The predicted octanol–water partition coefficient (Wildman–Crippen LogP) is 2.70.